The van der Waals surface area contributed by atoms with Crippen molar-refractivity contribution in [2.24, 2.45) is 10.8 Å². The van der Waals surface area contributed by atoms with Crippen LogP contribution >= 0.6 is 12.2 Å². The van der Waals surface area contributed by atoms with Crippen LogP contribution in [0.25, 0.3) is 11.0 Å². The molecule has 0 unspecified atom stereocenters. The second-order valence-corrected chi connectivity index (χ2v) is 3.82. The first-order chi connectivity index (χ1) is 8.09. The minimum atomic E-state index is 0.0432. The van der Waals surface area contributed by atoms with Crippen molar-refractivity contribution in [2.45, 2.75) is 6.92 Å². The van der Waals surface area contributed by atoms with E-state index in [2.05, 4.69) is 27.9 Å². The highest BCUT2D eigenvalue weighted by Crippen LogP contribution is 2.27. The molecule has 2 aromatic rings. The van der Waals surface area contributed by atoms with Gasteiger partial charge >= 0.3 is 0 Å². The van der Waals surface area contributed by atoms with E-state index >= 15 is 0 Å². The lowest BCUT2D eigenvalue weighted by Gasteiger charge is -1.99. The van der Waals surface area contributed by atoms with Crippen LogP contribution in [0.5, 0.6) is 5.75 Å². The fourth-order valence-electron chi connectivity index (χ4n) is 1.42. The summed E-state index contributed by atoms with van der Waals surface area (Å²) in [7, 11) is 0. The molecular weight excluding hydrogens is 240 g/mol. The lowest BCUT2D eigenvalue weighted by Crippen LogP contribution is -2.24. The number of aromatic nitrogens is 1. The van der Waals surface area contributed by atoms with Crippen LogP contribution < -0.4 is 11.2 Å². The van der Waals surface area contributed by atoms with Gasteiger partial charge in [0, 0.05) is 5.39 Å². The molecule has 7 heteroatoms. The van der Waals surface area contributed by atoms with Crippen molar-refractivity contribution in [1.29, 1.82) is 0 Å². The van der Waals surface area contributed by atoms with E-state index in [0.717, 1.165) is 11.1 Å². The molecule has 0 aliphatic carbocycles. The predicted octanol–water partition coefficient (Wildman–Crippen LogP) is 1.01. The average molecular weight is 250 g/mol. The van der Waals surface area contributed by atoms with E-state index in [4.69, 9.17) is 10.3 Å². The van der Waals surface area contributed by atoms with Crippen LogP contribution in [0.15, 0.2) is 21.8 Å². The molecule has 0 spiro atoms. The molecule has 1 heterocycles. The van der Waals surface area contributed by atoms with Gasteiger partial charge in [-0.1, -0.05) is 5.16 Å². The van der Waals surface area contributed by atoms with E-state index in [9.17, 15) is 5.11 Å². The topological polar surface area (TPSA) is 96.7 Å². The normalized spacial score (nSPS) is 11.1. The van der Waals surface area contributed by atoms with Gasteiger partial charge in [-0.05, 0) is 31.3 Å². The lowest BCUT2D eigenvalue weighted by atomic mass is 10.1. The molecule has 0 aliphatic heterocycles. The Morgan fingerprint density at radius 2 is 2.41 bits per heavy atom. The highest BCUT2D eigenvalue weighted by Gasteiger charge is 2.11. The maximum atomic E-state index is 9.71. The Hall–Kier alpha value is -2.15. The van der Waals surface area contributed by atoms with Crippen LogP contribution in [0.1, 0.15) is 11.3 Å². The zero-order valence-electron chi connectivity index (χ0n) is 8.97. The number of nitrogens with zero attached hydrogens (tertiary/aromatic N) is 2. The number of benzene rings is 1. The van der Waals surface area contributed by atoms with Crippen molar-refractivity contribution in [3.05, 3.63) is 23.4 Å². The van der Waals surface area contributed by atoms with Crippen molar-refractivity contribution >= 4 is 34.5 Å². The maximum absolute atomic E-state index is 9.71. The second-order valence-electron chi connectivity index (χ2n) is 3.38. The molecule has 0 saturated carbocycles. The van der Waals surface area contributed by atoms with Gasteiger partial charge in [0.1, 0.15) is 5.75 Å². The van der Waals surface area contributed by atoms with Crippen LogP contribution in [-0.2, 0) is 0 Å². The van der Waals surface area contributed by atoms with Gasteiger partial charge in [-0.2, -0.15) is 5.10 Å². The molecule has 2 rings (SSSR count). The summed E-state index contributed by atoms with van der Waals surface area (Å²) in [5.41, 5.74) is 9.26. The van der Waals surface area contributed by atoms with E-state index in [1.165, 1.54) is 6.21 Å². The van der Waals surface area contributed by atoms with E-state index in [0.29, 0.717) is 11.1 Å². The van der Waals surface area contributed by atoms with Gasteiger partial charge in [0.15, 0.2) is 10.7 Å². The Labute approximate surface area is 102 Å². The number of hydrogen-bond acceptors (Lipinski definition) is 5. The fraction of sp³-hybridized carbons (Fsp3) is 0.100. The molecule has 1 aromatic carbocycles. The van der Waals surface area contributed by atoms with Gasteiger partial charge in [0.25, 0.3) is 0 Å². The fourth-order valence-corrected chi connectivity index (χ4v) is 1.47. The Kier molecular flexibility index (Phi) is 2.92. The van der Waals surface area contributed by atoms with Gasteiger partial charge < -0.3 is 15.4 Å². The third kappa shape index (κ3) is 2.18. The van der Waals surface area contributed by atoms with Gasteiger partial charge in [0.05, 0.1) is 17.5 Å². The zero-order chi connectivity index (χ0) is 12.4. The highest BCUT2D eigenvalue weighted by molar-refractivity contribution is 7.80. The number of hydrazone groups is 1. The van der Waals surface area contributed by atoms with Gasteiger partial charge in [-0.25, -0.2) is 0 Å². The van der Waals surface area contributed by atoms with Crippen molar-refractivity contribution in [1.82, 2.24) is 10.6 Å². The lowest BCUT2D eigenvalue weighted by molar-refractivity contribution is 0.443. The SMILES string of the molecule is Cc1noc2c(C=NNC(N)=S)c(O)ccc12. The van der Waals surface area contributed by atoms with Crippen molar-refractivity contribution < 1.29 is 9.63 Å². The largest absolute Gasteiger partial charge is 0.507 e. The van der Waals surface area contributed by atoms with E-state index in [1.54, 1.807) is 12.1 Å². The smallest absolute Gasteiger partial charge is 0.184 e. The summed E-state index contributed by atoms with van der Waals surface area (Å²) in [5, 5.41) is 18.2. The summed E-state index contributed by atoms with van der Waals surface area (Å²) >= 11 is 4.60. The molecule has 0 radical (unpaired) electrons. The molecule has 6 nitrogen and oxygen atoms in total. The number of phenolic OH excluding ortho intramolecular Hbond substituents is 1. The van der Waals surface area contributed by atoms with E-state index in [1.807, 2.05) is 6.92 Å². The maximum Gasteiger partial charge on any atom is 0.184 e. The molecule has 0 fully saturated rings. The molecule has 4 N–H and O–H groups in total. The number of aryl methyl sites for hydroxylation is 1. The summed E-state index contributed by atoms with van der Waals surface area (Å²) in [6, 6.07) is 3.28. The first-order valence-corrected chi connectivity index (χ1v) is 5.17. The monoisotopic (exact) mass is 250 g/mol. The van der Waals surface area contributed by atoms with Crippen molar-refractivity contribution in [3.63, 3.8) is 0 Å². The van der Waals surface area contributed by atoms with Crippen molar-refractivity contribution in [3.8, 4) is 5.75 Å². The summed E-state index contributed by atoms with van der Waals surface area (Å²) in [6.45, 7) is 1.82. The number of nitrogens with one attached hydrogen (secondary N) is 1. The standard InChI is InChI=1S/C10H10N4O2S/c1-5-6-2-3-8(15)7(9(6)16-14-5)4-12-13-10(11)17/h2-4,15H,1H3,(H3,11,13,17). The van der Waals surface area contributed by atoms with Gasteiger partial charge in [0.2, 0.25) is 0 Å². The minimum absolute atomic E-state index is 0.0432. The predicted molar refractivity (Wildman–Crippen MR) is 67.9 cm³/mol. The molecule has 88 valence electrons. The first kappa shape index (κ1) is 11.3. The van der Waals surface area contributed by atoms with Crippen LogP contribution in [-0.4, -0.2) is 21.6 Å². The minimum Gasteiger partial charge on any atom is -0.507 e. The molecule has 0 aliphatic rings. The number of phenols is 1. The van der Waals surface area contributed by atoms with Gasteiger partial charge in [-0.15, -0.1) is 0 Å². The number of nitrogens with two attached hydrogens (primary N) is 1. The Morgan fingerprint density at radius 3 is 3.12 bits per heavy atom. The van der Waals surface area contributed by atoms with Crippen LogP contribution in [0, 0.1) is 6.92 Å². The summed E-state index contributed by atoms with van der Waals surface area (Å²) in [4.78, 5) is 0. The summed E-state index contributed by atoms with van der Waals surface area (Å²) in [6.07, 6.45) is 1.38. The van der Waals surface area contributed by atoms with Crippen LogP contribution in [0.2, 0.25) is 0 Å². The highest BCUT2D eigenvalue weighted by atomic mass is 32.1. The summed E-state index contributed by atoms with van der Waals surface area (Å²) in [5.74, 6) is 0.0436. The molecule has 1 aromatic heterocycles. The molecule has 0 saturated heterocycles. The Bertz CT molecular complexity index is 606. The second kappa shape index (κ2) is 4.38. The molecule has 0 atom stereocenters. The molecular formula is C10H10N4O2S. The van der Waals surface area contributed by atoms with Crippen LogP contribution in [0.3, 0.4) is 0 Å². The quantitative estimate of drug-likeness (QED) is 0.418. The van der Waals surface area contributed by atoms with Crippen LogP contribution in [0.4, 0.5) is 0 Å². The van der Waals surface area contributed by atoms with Gasteiger partial charge in [-0.3, -0.25) is 5.43 Å². The average Bonchev–Trinajstić information content (AvgIpc) is 2.63. The number of hydrogen-bond donors (Lipinski definition) is 3. The zero-order valence-corrected chi connectivity index (χ0v) is 9.78. The third-order valence-electron chi connectivity index (χ3n) is 2.21. The number of fused-ring (bicyclic) bond motifs is 1. The van der Waals surface area contributed by atoms with Crippen molar-refractivity contribution in [2.75, 3.05) is 0 Å². The van der Waals surface area contributed by atoms with E-state index < -0.39 is 0 Å². The third-order valence-corrected chi connectivity index (χ3v) is 2.30. The molecule has 0 bridgehead atoms. The molecule has 0 amide bonds. The Balaban J connectivity index is 2.48. The first-order valence-electron chi connectivity index (χ1n) is 4.76. The number of rotatable bonds is 2. The Morgan fingerprint density at radius 1 is 1.65 bits per heavy atom. The number of aromatic hydroxyl groups is 1. The van der Waals surface area contributed by atoms with E-state index in [-0.39, 0.29) is 10.9 Å². The number of thiocarbonyl (C=S) groups is 1. The molecule has 17 heavy (non-hydrogen) atoms. The summed E-state index contributed by atoms with van der Waals surface area (Å²) < 4.78 is 5.13.